The van der Waals surface area contributed by atoms with Gasteiger partial charge < -0.3 is 22.3 Å². The number of aromatic hydroxyl groups is 1. The second-order valence-corrected chi connectivity index (χ2v) is 20.2. The zero-order chi connectivity index (χ0) is 51.3. The first-order valence-corrected chi connectivity index (χ1v) is 25.1. The van der Waals surface area contributed by atoms with Gasteiger partial charge in [0, 0.05) is 11.1 Å². The summed E-state index contributed by atoms with van der Waals surface area (Å²) in [6.45, 7) is 0. The minimum atomic E-state index is -5.48. The number of hydrogen-bond acceptors (Lipinski definition) is 28. The average molecular weight is 1090 g/mol. The second kappa shape index (κ2) is 21.1. The number of fused-ring (bicyclic) bond motifs is 1. The van der Waals surface area contributed by atoms with Crippen LogP contribution in [0.1, 0.15) is 0 Å². The Balaban J connectivity index is 1.43. The fraction of sp³-hybridized carbons (Fsp3) is 0. The van der Waals surface area contributed by atoms with E-state index in [-0.39, 0.29) is 61.6 Å². The molecule has 0 aliphatic heterocycles. The molecular formula is C34H27N11O19S6. The zero-order valence-corrected chi connectivity index (χ0v) is 38.8. The van der Waals surface area contributed by atoms with Gasteiger partial charge in [-0.2, -0.15) is 54.1 Å². The van der Waals surface area contributed by atoms with Crippen LogP contribution in [0.15, 0.2) is 155 Å². The Morgan fingerprint density at radius 3 is 1.43 bits per heavy atom. The van der Waals surface area contributed by atoms with Crippen LogP contribution in [0, 0.1) is 0 Å². The van der Waals surface area contributed by atoms with Crippen LogP contribution in [-0.2, 0) is 59.2 Å². The topological polar surface area (TPSA) is 492 Å². The number of azo groups is 4. The minimum absolute atomic E-state index is 0.0241. The highest BCUT2D eigenvalue weighted by atomic mass is 32.2. The first kappa shape index (κ1) is 52.6. The molecule has 70 heavy (non-hydrogen) atoms. The Bertz CT molecular complexity index is 3660. The summed E-state index contributed by atoms with van der Waals surface area (Å²) < 4.78 is 148. The molecule has 6 aromatic rings. The molecule has 0 spiro atoms. The lowest BCUT2D eigenvalue weighted by Gasteiger charge is -2.14. The summed E-state index contributed by atoms with van der Waals surface area (Å²) in [7, 11) is -20.8. The van der Waals surface area contributed by atoms with E-state index in [1.807, 2.05) is 0 Å². The number of nitrogens with two attached hydrogens (primary N) is 3. The van der Waals surface area contributed by atoms with Crippen molar-refractivity contribution in [2.24, 2.45) is 40.9 Å². The summed E-state index contributed by atoms with van der Waals surface area (Å²) in [5.74, 6) is -1.30. The van der Waals surface area contributed by atoms with E-state index in [2.05, 4.69) is 59.7 Å². The van der Waals surface area contributed by atoms with Crippen LogP contribution in [-0.4, -0.2) is 67.5 Å². The molecule has 0 radical (unpaired) electrons. The number of benzene rings is 6. The Kier molecular flexibility index (Phi) is 15.9. The quantitative estimate of drug-likeness (QED) is 0.00959. The van der Waals surface area contributed by atoms with E-state index in [4.69, 9.17) is 27.7 Å². The maximum Gasteiger partial charge on any atom is 0.296 e. The average Bonchev–Trinajstić information content (AvgIpc) is 3.28. The number of phenolic OH excluding ortho intramolecular Hbond substituents is 1. The number of phenols is 1. The molecular weight excluding hydrogens is 1060 g/mol. The third-order valence-corrected chi connectivity index (χ3v) is 13.6. The molecule has 6 aromatic carbocycles. The summed E-state index contributed by atoms with van der Waals surface area (Å²) in [5, 5.41) is 65.1. The van der Waals surface area contributed by atoms with Crippen LogP contribution in [0.25, 0.3) is 10.8 Å². The van der Waals surface area contributed by atoms with Crippen molar-refractivity contribution in [3.8, 4) is 5.75 Å². The van der Waals surface area contributed by atoms with Crippen LogP contribution in [0.5, 0.6) is 5.75 Å². The van der Waals surface area contributed by atoms with Crippen LogP contribution < -0.4 is 17.2 Å². The van der Waals surface area contributed by atoms with Crippen LogP contribution in [0.2, 0.25) is 0 Å². The van der Waals surface area contributed by atoms with E-state index >= 15 is 0 Å². The molecule has 0 heterocycles. The number of hydrogen-bond donors (Lipinski definition) is 10. The van der Waals surface area contributed by atoms with Gasteiger partial charge in [-0.05, 0) is 84.9 Å². The molecule has 0 aliphatic rings. The van der Waals surface area contributed by atoms with Crippen LogP contribution in [0.3, 0.4) is 0 Å². The molecule has 0 bridgehead atoms. The fourth-order valence-electron chi connectivity index (χ4n) is 5.68. The van der Waals surface area contributed by atoms with Crippen molar-refractivity contribution in [3.63, 3.8) is 0 Å². The summed E-state index contributed by atoms with van der Waals surface area (Å²) in [5.41, 5.74) is 14.0. The van der Waals surface area contributed by atoms with Crippen molar-refractivity contribution >= 4 is 138 Å². The molecule has 0 unspecified atom stereocenters. The van der Waals surface area contributed by atoms with E-state index in [9.17, 15) is 57.0 Å². The van der Waals surface area contributed by atoms with Crippen molar-refractivity contribution in [1.82, 2.24) is 0 Å². The predicted molar refractivity (Wildman–Crippen MR) is 242 cm³/mol. The fourth-order valence-corrected chi connectivity index (χ4v) is 9.21. The largest absolute Gasteiger partial charge is 0.505 e. The smallest absolute Gasteiger partial charge is 0.296 e. The minimum Gasteiger partial charge on any atom is -0.505 e. The van der Waals surface area contributed by atoms with Gasteiger partial charge in [0.2, 0.25) is 0 Å². The number of nitrogens with zero attached hydrogens (tertiary/aromatic N) is 8. The maximum absolute atomic E-state index is 12.7. The van der Waals surface area contributed by atoms with Gasteiger partial charge in [-0.3, -0.25) is 18.2 Å². The van der Waals surface area contributed by atoms with Crippen molar-refractivity contribution < 1.29 is 86.2 Å². The third kappa shape index (κ3) is 12.5. The van der Waals surface area contributed by atoms with Crippen molar-refractivity contribution in [3.05, 3.63) is 84.9 Å². The highest BCUT2D eigenvalue weighted by Crippen LogP contribution is 2.49. The number of rotatable bonds is 18. The first-order chi connectivity index (χ1) is 32.8. The summed E-state index contributed by atoms with van der Waals surface area (Å²) >= 11 is 0.779. The van der Waals surface area contributed by atoms with Crippen molar-refractivity contribution in [1.29, 1.82) is 0 Å². The van der Waals surface area contributed by atoms with E-state index in [0.717, 1.165) is 42.5 Å². The number of nitrogen functional groups attached to an aromatic ring is 3. The van der Waals surface area contributed by atoms with Crippen molar-refractivity contribution in [2.45, 2.75) is 29.4 Å². The van der Waals surface area contributed by atoms with E-state index in [0.29, 0.717) is 24.2 Å². The molecule has 30 nitrogen and oxygen atoms in total. The highest BCUT2D eigenvalue weighted by Gasteiger charge is 2.29. The molecule has 13 N–H and O–H groups in total. The summed E-state index contributed by atoms with van der Waals surface area (Å²) in [6, 6.07) is 15.0. The molecule has 0 aromatic heterocycles. The lowest BCUT2D eigenvalue weighted by molar-refractivity contribution is -0.432. The van der Waals surface area contributed by atoms with E-state index in [1.54, 1.807) is 0 Å². The summed E-state index contributed by atoms with van der Waals surface area (Å²) in [6.07, 6.45) is 0. The second-order valence-electron chi connectivity index (χ2n) is 13.2. The Morgan fingerprint density at radius 2 is 0.886 bits per heavy atom. The highest BCUT2D eigenvalue weighted by molar-refractivity contribution is 7.95. The summed E-state index contributed by atoms with van der Waals surface area (Å²) in [4.78, 5) is -3.97. The molecule has 0 saturated heterocycles. The predicted octanol–water partition coefficient (Wildman–Crippen LogP) is 8.80. The monoisotopic (exact) mass is 1080 g/mol. The Hall–Kier alpha value is -6.72. The van der Waals surface area contributed by atoms with E-state index in [1.165, 1.54) is 30.3 Å². The van der Waals surface area contributed by atoms with E-state index < -0.39 is 99.3 Å². The molecule has 6 rings (SSSR count). The molecule has 0 amide bonds. The van der Waals surface area contributed by atoms with Gasteiger partial charge in [-0.15, -0.1) is 29.1 Å². The first-order valence-electron chi connectivity index (χ1n) is 17.9. The van der Waals surface area contributed by atoms with Crippen molar-refractivity contribution in [2.75, 3.05) is 17.2 Å². The third-order valence-electron chi connectivity index (χ3n) is 8.70. The molecule has 0 atom stereocenters. The van der Waals surface area contributed by atoms with Gasteiger partial charge in [0.25, 0.3) is 40.5 Å². The molecule has 0 fully saturated rings. The maximum atomic E-state index is 12.7. The van der Waals surface area contributed by atoms with Gasteiger partial charge in [0.05, 0.1) is 73.4 Å². The van der Waals surface area contributed by atoms with Crippen LogP contribution in [0.4, 0.5) is 62.6 Å². The standard InChI is InChI=1S/C34H27N11O19S6/c35-20-5-1-15(9-25(20)65-63-61-47)38-41-18-4-8-23(29(12-18)69(55,56)57)43-44-24-14-27(67(49,50)51)19-13-30(70(58,59)60)33(34(46)31(19)32(24)37)45-42-22-7-3-16(10-26(22)66-64-62-48)39-40-17-2-6-21(36)28(11-17)68(52,53)54/h1-14,46-48H,35-37H2,(H,49,50,51)(H,52,53,54)(H,55,56,57)(H,58,59,60). The van der Waals surface area contributed by atoms with Crippen LogP contribution >= 0.6 is 24.1 Å². The van der Waals surface area contributed by atoms with Gasteiger partial charge in [-0.25, -0.2) is 10.5 Å². The number of anilines is 3. The van der Waals surface area contributed by atoms with Gasteiger partial charge in [-0.1, -0.05) is 10.1 Å². The lowest BCUT2D eigenvalue weighted by atomic mass is 10.0. The van der Waals surface area contributed by atoms with Gasteiger partial charge >= 0.3 is 0 Å². The molecule has 36 heteroatoms. The van der Waals surface area contributed by atoms with Gasteiger partial charge in [0.1, 0.15) is 42.3 Å². The SMILES string of the molecule is Nc1ccc(N=Nc2ccc(N=Nc3cc(S(=O)(=O)O)c4cc(S(=O)(=O)O)c(N=Nc5ccc(N=Nc6ccc(N)c(S(=O)(=O)O)c6)cc5SOOO)c(O)c4c3N)c(S(=O)(=O)O)c2)cc1SOOO. The molecule has 368 valence electrons. The van der Waals surface area contributed by atoms with Gasteiger partial charge in [0.15, 0.2) is 5.75 Å². The normalized spacial score (nSPS) is 12.9. The Labute approximate surface area is 400 Å². The Morgan fingerprint density at radius 1 is 0.443 bits per heavy atom. The zero-order valence-electron chi connectivity index (χ0n) is 33.9. The lowest BCUT2D eigenvalue weighted by Crippen LogP contribution is -2.04. The molecule has 0 saturated carbocycles. The molecule has 0 aliphatic carbocycles.